The van der Waals surface area contributed by atoms with E-state index in [1.54, 1.807) is 35.4 Å². The Kier molecular flexibility index (Phi) is 5.45. The second-order valence-corrected chi connectivity index (χ2v) is 7.10. The van der Waals surface area contributed by atoms with Crippen LogP contribution in [0.3, 0.4) is 0 Å². The van der Waals surface area contributed by atoms with Crippen molar-refractivity contribution in [3.05, 3.63) is 76.3 Å². The maximum Gasteiger partial charge on any atom is 0.228 e. The van der Waals surface area contributed by atoms with Crippen molar-refractivity contribution in [1.82, 2.24) is 9.88 Å². The number of aryl methyl sites for hydroxylation is 1. The molecule has 0 unspecified atom stereocenters. The van der Waals surface area contributed by atoms with Gasteiger partial charge in [-0.05, 0) is 24.6 Å². The topological polar surface area (TPSA) is 57.0 Å². The third kappa shape index (κ3) is 4.35. The zero-order chi connectivity index (χ0) is 18.5. The lowest BCUT2D eigenvalue weighted by Crippen LogP contribution is -2.27. The van der Waals surface area contributed by atoms with Crippen LogP contribution in [0.15, 0.2) is 53.9 Å². The van der Waals surface area contributed by atoms with Crippen molar-refractivity contribution < 1.29 is 4.79 Å². The molecule has 0 spiro atoms. The SMILES string of the molecule is Cc1ccc(-c2nc(CC(=O)N(C)Cc3ccc(C#N)cc3)cs2)cc1. The average molecular weight is 361 g/mol. The first kappa shape index (κ1) is 17.8. The van der Waals surface area contributed by atoms with Gasteiger partial charge in [-0.25, -0.2) is 4.98 Å². The number of carbonyl (C=O) groups excluding carboxylic acids is 1. The molecule has 0 radical (unpaired) electrons. The summed E-state index contributed by atoms with van der Waals surface area (Å²) >= 11 is 1.56. The molecule has 0 bridgehead atoms. The lowest BCUT2D eigenvalue weighted by atomic mass is 10.1. The highest BCUT2D eigenvalue weighted by atomic mass is 32.1. The molecule has 0 fully saturated rings. The number of likely N-dealkylation sites (N-methyl/N-ethyl adjacent to an activating group) is 1. The van der Waals surface area contributed by atoms with Crippen LogP contribution in [0.1, 0.15) is 22.4 Å². The molecule has 1 aromatic heterocycles. The van der Waals surface area contributed by atoms with E-state index in [1.165, 1.54) is 5.56 Å². The minimum Gasteiger partial charge on any atom is -0.341 e. The summed E-state index contributed by atoms with van der Waals surface area (Å²) in [5, 5.41) is 11.7. The number of nitrogens with zero attached hydrogens (tertiary/aromatic N) is 3. The fourth-order valence-corrected chi connectivity index (χ4v) is 3.38. The minimum absolute atomic E-state index is 0.0233. The summed E-state index contributed by atoms with van der Waals surface area (Å²) in [6, 6.07) is 17.6. The van der Waals surface area contributed by atoms with Crippen LogP contribution in [0.4, 0.5) is 0 Å². The highest BCUT2D eigenvalue weighted by Gasteiger charge is 2.13. The molecule has 0 aliphatic carbocycles. The number of benzene rings is 2. The maximum atomic E-state index is 12.5. The summed E-state index contributed by atoms with van der Waals surface area (Å²) in [6.45, 7) is 2.57. The van der Waals surface area contributed by atoms with Crippen molar-refractivity contribution >= 4 is 17.2 Å². The summed E-state index contributed by atoms with van der Waals surface area (Å²) in [7, 11) is 1.79. The molecule has 3 aromatic rings. The van der Waals surface area contributed by atoms with Crippen molar-refractivity contribution in [2.75, 3.05) is 7.05 Å². The largest absolute Gasteiger partial charge is 0.341 e. The van der Waals surface area contributed by atoms with E-state index in [0.717, 1.165) is 21.8 Å². The maximum absolute atomic E-state index is 12.5. The Bertz CT molecular complexity index is 937. The van der Waals surface area contributed by atoms with Crippen molar-refractivity contribution in [3.8, 4) is 16.6 Å². The van der Waals surface area contributed by atoms with Crippen molar-refractivity contribution in [2.45, 2.75) is 19.9 Å². The minimum atomic E-state index is 0.0233. The van der Waals surface area contributed by atoms with Gasteiger partial charge in [0.05, 0.1) is 23.7 Å². The molecule has 0 atom stereocenters. The van der Waals surface area contributed by atoms with E-state index in [0.29, 0.717) is 12.1 Å². The van der Waals surface area contributed by atoms with Gasteiger partial charge in [0.25, 0.3) is 0 Å². The first-order chi connectivity index (χ1) is 12.5. The lowest BCUT2D eigenvalue weighted by molar-refractivity contribution is -0.129. The van der Waals surface area contributed by atoms with Gasteiger partial charge in [0.2, 0.25) is 5.91 Å². The number of hydrogen-bond donors (Lipinski definition) is 0. The second-order valence-electron chi connectivity index (χ2n) is 6.25. The van der Waals surface area contributed by atoms with Crippen LogP contribution in [-0.4, -0.2) is 22.8 Å². The highest BCUT2D eigenvalue weighted by molar-refractivity contribution is 7.13. The fraction of sp³-hybridized carbons (Fsp3) is 0.190. The predicted octanol–water partition coefficient (Wildman–Crippen LogP) is 4.19. The third-order valence-corrected chi connectivity index (χ3v) is 5.05. The van der Waals surface area contributed by atoms with Gasteiger partial charge in [-0.15, -0.1) is 11.3 Å². The highest BCUT2D eigenvalue weighted by Crippen LogP contribution is 2.24. The van der Waals surface area contributed by atoms with Crippen molar-refractivity contribution in [2.24, 2.45) is 0 Å². The molecule has 5 heteroatoms. The summed E-state index contributed by atoms with van der Waals surface area (Å²) in [6.07, 6.45) is 0.287. The Hall–Kier alpha value is -2.97. The van der Waals surface area contributed by atoms with Crippen LogP contribution in [0.2, 0.25) is 0 Å². The Labute approximate surface area is 157 Å². The van der Waals surface area contributed by atoms with Gasteiger partial charge in [-0.1, -0.05) is 42.0 Å². The molecule has 2 aromatic carbocycles. The van der Waals surface area contributed by atoms with Gasteiger partial charge in [0, 0.05) is 24.5 Å². The summed E-state index contributed by atoms with van der Waals surface area (Å²) < 4.78 is 0. The molecule has 4 nitrogen and oxygen atoms in total. The number of aromatic nitrogens is 1. The zero-order valence-electron chi connectivity index (χ0n) is 14.8. The van der Waals surface area contributed by atoms with Crippen LogP contribution >= 0.6 is 11.3 Å². The van der Waals surface area contributed by atoms with Crippen molar-refractivity contribution in [3.63, 3.8) is 0 Å². The second kappa shape index (κ2) is 7.94. The fourth-order valence-electron chi connectivity index (χ4n) is 2.55. The van der Waals surface area contributed by atoms with Crippen LogP contribution in [0.5, 0.6) is 0 Å². The third-order valence-electron chi connectivity index (χ3n) is 4.11. The predicted molar refractivity (Wildman–Crippen MR) is 104 cm³/mol. The molecular formula is C21H19N3OS. The van der Waals surface area contributed by atoms with E-state index in [4.69, 9.17) is 5.26 Å². The van der Waals surface area contributed by atoms with Crippen LogP contribution in [0.25, 0.3) is 10.6 Å². The van der Waals surface area contributed by atoms with Gasteiger partial charge in [-0.3, -0.25) is 4.79 Å². The normalized spacial score (nSPS) is 10.3. The van der Waals surface area contributed by atoms with Gasteiger partial charge >= 0.3 is 0 Å². The molecule has 130 valence electrons. The number of nitriles is 1. The smallest absolute Gasteiger partial charge is 0.228 e. The number of rotatable bonds is 5. The van der Waals surface area contributed by atoms with Gasteiger partial charge in [0.1, 0.15) is 5.01 Å². The quantitative estimate of drug-likeness (QED) is 0.685. The molecule has 0 N–H and O–H groups in total. The molecule has 26 heavy (non-hydrogen) atoms. The Morgan fingerprint density at radius 3 is 2.50 bits per heavy atom. The lowest BCUT2D eigenvalue weighted by Gasteiger charge is -2.16. The zero-order valence-corrected chi connectivity index (χ0v) is 15.6. The van der Waals surface area contributed by atoms with E-state index in [2.05, 4.69) is 42.2 Å². The number of carbonyl (C=O) groups is 1. The van der Waals surface area contributed by atoms with Gasteiger partial charge < -0.3 is 4.90 Å². The van der Waals surface area contributed by atoms with Gasteiger partial charge in [0.15, 0.2) is 0 Å². The molecule has 1 amide bonds. The monoisotopic (exact) mass is 361 g/mol. The first-order valence-corrected chi connectivity index (χ1v) is 9.17. The molecule has 0 saturated heterocycles. The number of hydrogen-bond acceptors (Lipinski definition) is 4. The summed E-state index contributed by atoms with van der Waals surface area (Å²) in [5.41, 5.74) is 4.70. The number of thiazole rings is 1. The molecule has 1 heterocycles. The van der Waals surface area contributed by atoms with E-state index < -0.39 is 0 Å². The van der Waals surface area contributed by atoms with Gasteiger partial charge in [-0.2, -0.15) is 5.26 Å². The summed E-state index contributed by atoms with van der Waals surface area (Å²) in [5.74, 6) is 0.0233. The first-order valence-electron chi connectivity index (χ1n) is 8.29. The molecule has 0 aliphatic heterocycles. The Morgan fingerprint density at radius 1 is 1.15 bits per heavy atom. The number of amides is 1. The summed E-state index contributed by atoms with van der Waals surface area (Å²) in [4.78, 5) is 18.8. The molecular weight excluding hydrogens is 342 g/mol. The van der Waals surface area contributed by atoms with Crippen LogP contribution in [0, 0.1) is 18.3 Å². The van der Waals surface area contributed by atoms with E-state index >= 15 is 0 Å². The van der Waals surface area contributed by atoms with Crippen molar-refractivity contribution in [1.29, 1.82) is 5.26 Å². The standard InChI is InChI=1S/C21H19N3OS/c1-15-3-9-18(10-4-15)21-23-19(14-26-21)11-20(25)24(2)13-17-7-5-16(12-22)6-8-17/h3-10,14H,11,13H2,1-2H3. The van der Waals surface area contributed by atoms with E-state index in [1.807, 2.05) is 17.5 Å². The van der Waals surface area contributed by atoms with Crippen LogP contribution < -0.4 is 0 Å². The van der Waals surface area contributed by atoms with E-state index in [9.17, 15) is 4.79 Å². The Morgan fingerprint density at radius 2 is 1.85 bits per heavy atom. The average Bonchev–Trinajstić information content (AvgIpc) is 3.11. The van der Waals surface area contributed by atoms with Crippen LogP contribution in [-0.2, 0) is 17.8 Å². The molecule has 0 saturated carbocycles. The molecule has 0 aliphatic rings. The molecule has 3 rings (SSSR count). The Balaban J connectivity index is 1.62. The van der Waals surface area contributed by atoms with E-state index in [-0.39, 0.29) is 12.3 Å².